The Morgan fingerprint density at radius 1 is 0.762 bits per heavy atom. The first-order valence-corrected chi connectivity index (χ1v) is 6.57. The van der Waals surface area contributed by atoms with Crippen LogP contribution < -0.4 is 9.47 Å². The van der Waals surface area contributed by atoms with Crippen LogP contribution in [0.5, 0.6) is 11.5 Å². The molecule has 0 atom stereocenters. The van der Waals surface area contributed by atoms with Gasteiger partial charge in [-0.3, -0.25) is 9.59 Å². The van der Waals surface area contributed by atoms with Gasteiger partial charge in [0.05, 0.1) is 0 Å². The van der Waals surface area contributed by atoms with Crippen molar-refractivity contribution < 1.29 is 19.1 Å². The van der Waals surface area contributed by atoms with E-state index >= 15 is 0 Å². The molecule has 3 aromatic rings. The van der Waals surface area contributed by atoms with E-state index in [1.807, 2.05) is 42.5 Å². The van der Waals surface area contributed by atoms with E-state index in [2.05, 4.69) is 0 Å². The van der Waals surface area contributed by atoms with Crippen molar-refractivity contribution in [3.8, 4) is 11.5 Å². The van der Waals surface area contributed by atoms with E-state index in [1.54, 1.807) is 6.07 Å². The average Bonchev–Trinajstić information content (AvgIpc) is 2.62. The molecule has 0 aliphatic carbocycles. The van der Waals surface area contributed by atoms with Crippen molar-refractivity contribution in [1.29, 1.82) is 0 Å². The lowest BCUT2D eigenvalue weighted by Gasteiger charge is -2.10. The molecule has 4 nitrogen and oxygen atoms in total. The molecule has 3 aromatic carbocycles. The third-order valence-electron chi connectivity index (χ3n) is 3.53. The van der Waals surface area contributed by atoms with Crippen molar-refractivity contribution in [2.75, 3.05) is 0 Å². The maximum absolute atomic E-state index is 11.6. The van der Waals surface area contributed by atoms with Crippen LogP contribution in [0.15, 0.2) is 48.5 Å². The van der Waals surface area contributed by atoms with Gasteiger partial charge in [-0.05, 0) is 34.4 Å². The second-order valence-electron chi connectivity index (χ2n) is 4.94. The largest absolute Gasteiger partial charge is 0.422 e. The van der Waals surface area contributed by atoms with Gasteiger partial charge in [0.2, 0.25) is 0 Å². The minimum Gasteiger partial charge on any atom is -0.422 e. The highest BCUT2D eigenvalue weighted by Crippen LogP contribution is 2.39. The zero-order valence-corrected chi connectivity index (χ0v) is 11.0. The highest BCUT2D eigenvalue weighted by Gasteiger charge is 2.24. The van der Waals surface area contributed by atoms with Crippen LogP contribution in [0, 0.1) is 0 Å². The van der Waals surface area contributed by atoms with Crippen LogP contribution in [0.4, 0.5) is 0 Å². The molecule has 1 heterocycles. The van der Waals surface area contributed by atoms with Gasteiger partial charge in [0, 0.05) is 5.39 Å². The van der Waals surface area contributed by atoms with Gasteiger partial charge in [0.15, 0.2) is 11.5 Å². The Kier molecular flexibility index (Phi) is 2.44. The fourth-order valence-corrected chi connectivity index (χ4v) is 2.58. The predicted octanol–water partition coefficient (Wildman–Crippen LogP) is 3.21. The van der Waals surface area contributed by atoms with E-state index in [0.29, 0.717) is 5.75 Å². The van der Waals surface area contributed by atoms with Crippen LogP contribution >= 0.6 is 0 Å². The number of hydrogen-bond donors (Lipinski definition) is 0. The number of hydrogen-bond acceptors (Lipinski definition) is 4. The molecule has 0 bridgehead atoms. The van der Waals surface area contributed by atoms with Gasteiger partial charge in [0.25, 0.3) is 0 Å². The van der Waals surface area contributed by atoms with E-state index in [0.717, 1.165) is 21.5 Å². The predicted molar refractivity (Wildman–Crippen MR) is 77.3 cm³/mol. The second kappa shape index (κ2) is 4.31. The zero-order valence-electron chi connectivity index (χ0n) is 11.0. The van der Waals surface area contributed by atoms with Gasteiger partial charge < -0.3 is 9.47 Å². The molecule has 21 heavy (non-hydrogen) atoms. The molecule has 0 N–H and O–H groups in total. The molecule has 0 spiro atoms. The van der Waals surface area contributed by atoms with Gasteiger partial charge in [-0.2, -0.15) is 0 Å². The SMILES string of the molecule is O=C1CC(=O)Oc2c(ccc3cc4ccccc4cc23)O1. The van der Waals surface area contributed by atoms with Gasteiger partial charge in [-0.25, -0.2) is 0 Å². The number of carbonyl (C=O) groups excluding carboxylic acids is 2. The first-order valence-electron chi connectivity index (χ1n) is 6.57. The summed E-state index contributed by atoms with van der Waals surface area (Å²) >= 11 is 0. The summed E-state index contributed by atoms with van der Waals surface area (Å²) in [6.07, 6.45) is -0.371. The van der Waals surface area contributed by atoms with E-state index in [9.17, 15) is 9.59 Å². The fourth-order valence-electron chi connectivity index (χ4n) is 2.58. The van der Waals surface area contributed by atoms with Crippen molar-refractivity contribution in [2.24, 2.45) is 0 Å². The van der Waals surface area contributed by atoms with E-state index in [1.165, 1.54) is 0 Å². The molecule has 1 aliphatic heterocycles. The van der Waals surface area contributed by atoms with Gasteiger partial charge in [-0.1, -0.05) is 30.3 Å². The molecule has 4 rings (SSSR count). The van der Waals surface area contributed by atoms with Crippen LogP contribution in [0.3, 0.4) is 0 Å². The summed E-state index contributed by atoms with van der Waals surface area (Å²) in [5.41, 5.74) is 0. The van der Waals surface area contributed by atoms with Crippen LogP contribution in [0.1, 0.15) is 6.42 Å². The van der Waals surface area contributed by atoms with Crippen LogP contribution in [0.25, 0.3) is 21.5 Å². The highest BCUT2D eigenvalue weighted by molar-refractivity contribution is 6.05. The van der Waals surface area contributed by atoms with E-state index in [-0.39, 0.29) is 12.2 Å². The lowest BCUT2D eigenvalue weighted by atomic mass is 10.0. The summed E-state index contributed by atoms with van der Waals surface area (Å²) in [7, 11) is 0. The molecule has 0 saturated heterocycles. The maximum Gasteiger partial charge on any atom is 0.322 e. The van der Waals surface area contributed by atoms with Crippen molar-refractivity contribution >= 4 is 33.5 Å². The molecule has 0 radical (unpaired) electrons. The van der Waals surface area contributed by atoms with Gasteiger partial charge >= 0.3 is 11.9 Å². The summed E-state index contributed by atoms with van der Waals surface area (Å²) in [6, 6.07) is 15.4. The number of rotatable bonds is 0. The molecule has 0 fully saturated rings. The number of esters is 2. The Balaban J connectivity index is 2.05. The normalized spacial score (nSPS) is 14.5. The van der Waals surface area contributed by atoms with Crippen molar-refractivity contribution in [3.63, 3.8) is 0 Å². The van der Waals surface area contributed by atoms with Crippen LogP contribution in [-0.2, 0) is 9.59 Å². The molecular weight excluding hydrogens is 268 g/mol. The topological polar surface area (TPSA) is 52.6 Å². The van der Waals surface area contributed by atoms with E-state index < -0.39 is 11.9 Å². The monoisotopic (exact) mass is 278 g/mol. The van der Waals surface area contributed by atoms with Crippen molar-refractivity contribution in [1.82, 2.24) is 0 Å². The molecule has 1 aliphatic rings. The lowest BCUT2D eigenvalue weighted by Crippen LogP contribution is -2.13. The summed E-state index contributed by atoms with van der Waals surface area (Å²) in [5, 5.41) is 3.82. The summed E-state index contributed by atoms with van der Waals surface area (Å²) < 4.78 is 10.5. The number of fused-ring (bicyclic) bond motifs is 4. The molecule has 0 unspecified atom stereocenters. The molecular formula is C17H10O4. The Morgan fingerprint density at radius 3 is 2.29 bits per heavy atom. The molecule has 0 aromatic heterocycles. The Labute approximate surface area is 119 Å². The summed E-state index contributed by atoms with van der Waals surface area (Å²) in [4.78, 5) is 23.1. The van der Waals surface area contributed by atoms with Crippen LogP contribution in [-0.4, -0.2) is 11.9 Å². The summed E-state index contributed by atoms with van der Waals surface area (Å²) in [5.74, 6) is -0.596. The van der Waals surface area contributed by atoms with Gasteiger partial charge in [-0.15, -0.1) is 0 Å². The highest BCUT2D eigenvalue weighted by atomic mass is 16.6. The van der Waals surface area contributed by atoms with Crippen molar-refractivity contribution in [2.45, 2.75) is 6.42 Å². The zero-order chi connectivity index (χ0) is 14.4. The minimum absolute atomic E-state index is 0.286. The molecule has 0 amide bonds. The lowest BCUT2D eigenvalue weighted by molar-refractivity contribution is -0.142. The van der Waals surface area contributed by atoms with E-state index in [4.69, 9.17) is 9.47 Å². The number of benzene rings is 3. The standard InChI is InChI=1S/C17H10O4/c18-15-9-16(19)21-17-13-8-11-4-2-1-3-10(11)7-12(13)5-6-14(17)20-15/h1-8H,9H2. The minimum atomic E-state index is -0.598. The Bertz CT molecular complexity index is 911. The van der Waals surface area contributed by atoms with Crippen molar-refractivity contribution in [3.05, 3.63) is 48.5 Å². The Morgan fingerprint density at radius 2 is 1.48 bits per heavy atom. The first kappa shape index (κ1) is 11.9. The molecule has 0 saturated carbocycles. The fraction of sp³-hybridized carbons (Fsp3) is 0.0588. The first-order chi connectivity index (χ1) is 10.2. The molecule has 102 valence electrons. The Hall–Kier alpha value is -2.88. The summed E-state index contributed by atoms with van der Waals surface area (Å²) in [6.45, 7) is 0. The number of carbonyl (C=O) groups is 2. The molecule has 4 heteroatoms. The average molecular weight is 278 g/mol. The number of ether oxygens (including phenoxy) is 2. The van der Waals surface area contributed by atoms with Crippen LogP contribution in [0.2, 0.25) is 0 Å². The smallest absolute Gasteiger partial charge is 0.322 e. The second-order valence-corrected chi connectivity index (χ2v) is 4.94. The third-order valence-corrected chi connectivity index (χ3v) is 3.53. The van der Waals surface area contributed by atoms with Gasteiger partial charge in [0.1, 0.15) is 6.42 Å². The quantitative estimate of drug-likeness (QED) is 0.274. The third kappa shape index (κ3) is 1.92. The maximum atomic E-state index is 11.6.